The van der Waals surface area contributed by atoms with Crippen LogP contribution in [0.5, 0.6) is 0 Å². The summed E-state index contributed by atoms with van der Waals surface area (Å²) in [5.74, 6) is -1.41. The number of amides is 1. The maximum Gasteiger partial charge on any atom is 0.407 e. The predicted octanol–water partition coefficient (Wildman–Crippen LogP) is 3.35. The lowest BCUT2D eigenvalue weighted by atomic mass is 9.98. The molecule has 6 nitrogen and oxygen atoms in total. The number of carbonyl (C=O) groups is 3. The third-order valence-electron chi connectivity index (χ3n) is 4.72. The van der Waals surface area contributed by atoms with Crippen molar-refractivity contribution in [2.45, 2.75) is 31.7 Å². The molecule has 140 valence electrons. The Kier molecular flexibility index (Phi) is 5.54. The lowest BCUT2D eigenvalue weighted by Gasteiger charge is -2.17. The van der Waals surface area contributed by atoms with Crippen LogP contribution in [0, 0.1) is 0 Å². The zero-order chi connectivity index (χ0) is 19.4. The van der Waals surface area contributed by atoms with E-state index in [2.05, 4.69) is 5.32 Å². The molecule has 0 aliphatic heterocycles. The van der Waals surface area contributed by atoms with Crippen molar-refractivity contribution in [3.8, 4) is 11.1 Å². The molecule has 6 heteroatoms. The Labute approximate surface area is 157 Å². The van der Waals surface area contributed by atoms with Gasteiger partial charge in [0.1, 0.15) is 18.4 Å². The van der Waals surface area contributed by atoms with E-state index >= 15 is 0 Å². The molecule has 0 saturated carbocycles. The first-order valence-electron chi connectivity index (χ1n) is 8.81. The number of ether oxygens (including phenoxy) is 1. The maximum absolute atomic E-state index is 12.1. The summed E-state index contributed by atoms with van der Waals surface area (Å²) in [5.41, 5.74) is 4.40. The minimum Gasteiger partial charge on any atom is -0.480 e. The highest BCUT2D eigenvalue weighted by molar-refractivity contribution is 5.82. The summed E-state index contributed by atoms with van der Waals surface area (Å²) >= 11 is 0. The molecule has 0 fully saturated rings. The number of carbonyl (C=O) groups excluding carboxylic acids is 2. The van der Waals surface area contributed by atoms with Gasteiger partial charge < -0.3 is 20.0 Å². The fourth-order valence-electron chi connectivity index (χ4n) is 3.39. The second kappa shape index (κ2) is 8.03. The van der Waals surface area contributed by atoms with Crippen molar-refractivity contribution in [1.82, 2.24) is 5.32 Å². The van der Waals surface area contributed by atoms with Crippen molar-refractivity contribution < 1.29 is 24.2 Å². The van der Waals surface area contributed by atoms with Gasteiger partial charge >= 0.3 is 12.1 Å². The highest BCUT2D eigenvalue weighted by Gasteiger charge is 2.29. The van der Waals surface area contributed by atoms with Crippen LogP contribution in [-0.4, -0.2) is 35.6 Å². The Bertz CT molecular complexity index is 831. The van der Waals surface area contributed by atoms with Crippen molar-refractivity contribution in [2.24, 2.45) is 0 Å². The van der Waals surface area contributed by atoms with Crippen LogP contribution >= 0.6 is 0 Å². The Morgan fingerprint density at radius 1 is 1.04 bits per heavy atom. The van der Waals surface area contributed by atoms with Crippen molar-refractivity contribution in [3.05, 3.63) is 59.7 Å². The molecule has 2 aromatic rings. The molecule has 0 heterocycles. The van der Waals surface area contributed by atoms with Gasteiger partial charge in [0, 0.05) is 12.3 Å². The first-order chi connectivity index (χ1) is 13.0. The van der Waals surface area contributed by atoms with E-state index in [1.807, 2.05) is 48.5 Å². The summed E-state index contributed by atoms with van der Waals surface area (Å²) < 4.78 is 5.33. The largest absolute Gasteiger partial charge is 0.480 e. The molecule has 2 aromatic carbocycles. The normalized spacial score (nSPS) is 13.4. The minimum absolute atomic E-state index is 0.0366. The second-order valence-electron chi connectivity index (χ2n) is 6.60. The Hall–Kier alpha value is -3.15. The van der Waals surface area contributed by atoms with Gasteiger partial charge in [0.15, 0.2) is 0 Å². The van der Waals surface area contributed by atoms with Crippen LogP contribution < -0.4 is 5.32 Å². The molecule has 1 aliphatic rings. The predicted molar refractivity (Wildman–Crippen MR) is 99.5 cm³/mol. The first-order valence-corrected chi connectivity index (χ1v) is 8.81. The highest BCUT2D eigenvalue weighted by atomic mass is 16.5. The molecule has 27 heavy (non-hydrogen) atoms. The van der Waals surface area contributed by atoms with Gasteiger partial charge in [0.25, 0.3) is 0 Å². The summed E-state index contributed by atoms with van der Waals surface area (Å²) in [6, 6.07) is 14.8. The number of Topliss-reactive ketones (excluding diaryl/α,β-unsaturated/α-hetero) is 1. The van der Waals surface area contributed by atoms with Crippen molar-refractivity contribution in [3.63, 3.8) is 0 Å². The van der Waals surface area contributed by atoms with Crippen LogP contribution in [0.2, 0.25) is 0 Å². The summed E-state index contributed by atoms with van der Waals surface area (Å²) in [7, 11) is 0. The number of nitrogens with one attached hydrogen (secondary N) is 1. The van der Waals surface area contributed by atoms with Crippen LogP contribution in [0.3, 0.4) is 0 Å². The molecule has 1 amide bonds. The SMILES string of the molecule is CC(=O)CCC(NC(=O)OCC1c2ccccc2-c2ccccc21)C(=O)O. The maximum atomic E-state index is 12.1. The van der Waals surface area contributed by atoms with E-state index in [1.165, 1.54) is 6.92 Å². The van der Waals surface area contributed by atoms with Gasteiger partial charge in [-0.3, -0.25) is 0 Å². The average Bonchev–Trinajstić information content (AvgIpc) is 2.97. The van der Waals surface area contributed by atoms with Crippen molar-refractivity contribution in [1.29, 1.82) is 0 Å². The molecule has 2 N–H and O–H groups in total. The zero-order valence-electron chi connectivity index (χ0n) is 15.0. The van der Waals surface area contributed by atoms with Crippen LogP contribution in [-0.2, 0) is 14.3 Å². The summed E-state index contributed by atoms with van der Waals surface area (Å²) in [6.45, 7) is 1.49. The molecule has 0 bridgehead atoms. The van der Waals surface area contributed by atoms with Gasteiger partial charge in [0.05, 0.1) is 0 Å². The lowest BCUT2D eigenvalue weighted by molar-refractivity contribution is -0.139. The number of hydrogen-bond donors (Lipinski definition) is 2. The summed E-state index contributed by atoms with van der Waals surface area (Å²) in [6.07, 6.45) is -0.678. The lowest BCUT2D eigenvalue weighted by Crippen LogP contribution is -2.41. The highest BCUT2D eigenvalue weighted by Crippen LogP contribution is 2.44. The van der Waals surface area contributed by atoms with Crippen LogP contribution in [0.15, 0.2) is 48.5 Å². The number of alkyl carbamates (subject to hydrolysis) is 1. The topological polar surface area (TPSA) is 92.7 Å². The number of aliphatic carboxylic acids is 1. The Balaban J connectivity index is 1.67. The molecule has 1 atom stereocenters. The fourth-order valence-corrected chi connectivity index (χ4v) is 3.39. The molecule has 3 rings (SSSR count). The zero-order valence-corrected chi connectivity index (χ0v) is 15.0. The quantitative estimate of drug-likeness (QED) is 0.783. The molecular formula is C21H21NO5. The minimum atomic E-state index is -1.19. The van der Waals surface area contributed by atoms with E-state index in [0.29, 0.717) is 0 Å². The number of carboxylic acid groups (broad SMARTS) is 1. The molecule has 0 radical (unpaired) electrons. The molecule has 1 aliphatic carbocycles. The van der Waals surface area contributed by atoms with Crippen molar-refractivity contribution in [2.75, 3.05) is 6.61 Å². The number of carboxylic acids is 1. The van der Waals surface area contributed by atoms with Gasteiger partial charge in [-0.05, 0) is 35.6 Å². The van der Waals surface area contributed by atoms with Crippen molar-refractivity contribution >= 4 is 17.8 Å². The second-order valence-corrected chi connectivity index (χ2v) is 6.60. The average molecular weight is 367 g/mol. The van der Waals surface area contributed by atoms with E-state index in [0.717, 1.165) is 22.3 Å². The smallest absolute Gasteiger partial charge is 0.407 e. The van der Waals surface area contributed by atoms with Crippen LogP contribution in [0.4, 0.5) is 4.79 Å². The number of ketones is 1. The van der Waals surface area contributed by atoms with Gasteiger partial charge in [-0.1, -0.05) is 48.5 Å². The first kappa shape index (κ1) is 18.6. The van der Waals surface area contributed by atoms with E-state index in [9.17, 15) is 19.5 Å². The third kappa shape index (κ3) is 4.16. The van der Waals surface area contributed by atoms with E-state index < -0.39 is 18.1 Å². The molecule has 1 unspecified atom stereocenters. The number of benzene rings is 2. The monoisotopic (exact) mass is 367 g/mol. The molecular weight excluding hydrogens is 346 g/mol. The van der Waals surface area contributed by atoms with Crippen LogP contribution in [0.1, 0.15) is 36.8 Å². The van der Waals surface area contributed by atoms with Gasteiger partial charge in [-0.2, -0.15) is 0 Å². The summed E-state index contributed by atoms with van der Waals surface area (Å²) in [4.78, 5) is 34.4. The Morgan fingerprint density at radius 3 is 2.11 bits per heavy atom. The van der Waals surface area contributed by atoms with E-state index in [4.69, 9.17) is 4.74 Å². The van der Waals surface area contributed by atoms with Gasteiger partial charge in [-0.15, -0.1) is 0 Å². The van der Waals surface area contributed by atoms with E-state index in [-0.39, 0.29) is 31.1 Å². The molecule has 0 saturated heterocycles. The number of rotatable bonds is 7. The summed E-state index contributed by atoms with van der Waals surface area (Å²) in [5, 5.41) is 11.5. The number of fused-ring (bicyclic) bond motifs is 3. The Morgan fingerprint density at radius 2 is 1.59 bits per heavy atom. The van der Waals surface area contributed by atoms with Gasteiger partial charge in [0.2, 0.25) is 0 Å². The van der Waals surface area contributed by atoms with Gasteiger partial charge in [-0.25, -0.2) is 9.59 Å². The molecule has 0 spiro atoms. The standard InChI is InChI=1S/C21H21NO5/c1-13(23)10-11-19(20(24)25)22-21(26)27-12-18-16-8-4-2-6-14(16)15-7-3-5-9-17(15)18/h2-9,18-19H,10-12H2,1H3,(H,22,26)(H,24,25). The van der Waals surface area contributed by atoms with E-state index in [1.54, 1.807) is 0 Å². The number of hydrogen-bond acceptors (Lipinski definition) is 4. The fraction of sp³-hybridized carbons (Fsp3) is 0.286. The van der Waals surface area contributed by atoms with Crippen LogP contribution in [0.25, 0.3) is 11.1 Å². The third-order valence-corrected chi connectivity index (χ3v) is 4.72. The molecule has 0 aromatic heterocycles.